The van der Waals surface area contributed by atoms with Crippen LogP contribution >= 0.6 is 0 Å². The van der Waals surface area contributed by atoms with Crippen LogP contribution in [0.3, 0.4) is 0 Å². The zero-order chi connectivity index (χ0) is 22.5. The monoisotopic (exact) mass is 438 g/mol. The minimum Gasteiger partial charge on any atom is -0.465 e. The summed E-state index contributed by atoms with van der Waals surface area (Å²) in [4.78, 5) is 28.7. The summed E-state index contributed by atoms with van der Waals surface area (Å²) in [5.41, 5.74) is 1.29. The second-order valence-electron chi connectivity index (χ2n) is 7.23. The van der Waals surface area contributed by atoms with Gasteiger partial charge in [0.05, 0.1) is 11.5 Å². The average Bonchev–Trinajstić information content (AvgIpc) is 3.15. The van der Waals surface area contributed by atoms with Gasteiger partial charge in [0.25, 0.3) is 0 Å². The van der Waals surface area contributed by atoms with Crippen molar-refractivity contribution >= 4 is 21.9 Å². The molecule has 0 spiro atoms. The second kappa shape index (κ2) is 9.81. The summed E-state index contributed by atoms with van der Waals surface area (Å²) >= 11 is 0. The zero-order valence-electron chi connectivity index (χ0n) is 17.4. The van der Waals surface area contributed by atoms with Gasteiger partial charge in [0.2, 0.25) is 10.0 Å². The Morgan fingerprint density at radius 2 is 1.93 bits per heavy atom. The number of ether oxygens (including phenoxy) is 1. The fourth-order valence-electron chi connectivity index (χ4n) is 2.94. The molecule has 1 atom stereocenters. The molecule has 0 bridgehead atoms. The molecule has 1 N–H and O–H groups in total. The Morgan fingerprint density at radius 3 is 2.43 bits per heavy atom. The number of likely N-dealkylation sites (N-methyl/N-ethyl adjacent to an activating group) is 1. The smallest absolute Gasteiger partial charge is 0.432 e. The molecule has 0 aliphatic rings. The summed E-state index contributed by atoms with van der Waals surface area (Å²) in [5.74, 6) is -0.825. The lowest BCUT2D eigenvalue weighted by atomic mass is 10.0. The van der Waals surface area contributed by atoms with Gasteiger partial charge in [-0.2, -0.15) is 4.31 Å². The van der Waals surface area contributed by atoms with Gasteiger partial charge in [-0.3, -0.25) is 4.79 Å². The van der Waals surface area contributed by atoms with Gasteiger partial charge in [-0.05, 0) is 41.9 Å². The minimum absolute atomic E-state index is 0.0439. The van der Waals surface area contributed by atoms with Crippen LogP contribution in [0.2, 0.25) is 0 Å². The van der Waals surface area contributed by atoms with E-state index in [4.69, 9.17) is 4.74 Å². The molecule has 0 unspecified atom stereocenters. The summed E-state index contributed by atoms with van der Waals surface area (Å²) in [5, 5.41) is 10.7. The molecular weight excluding hydrogens is 412 g/mol. The summed E-state index contributed by atoms with van der Waals surface area (Å²) in [6.07, 6.45) is 2.04. The molecule has 0 fully saturated rings. The third kappa shape index (κ3) is 5.63. The molecule has 0 aliphatic carbocycles. The number of nitrogens with zero attached hydrogens (tertiary/aromatic N) is 3. The van der Waals surface area contributed by atoms with Crippen molar-refractivity contribution in [2.45, 2.75) is 44.6 Å². The van der Waals surface area contributed by atoms with Gasteiger partial charge < -0.3 is 14.9 Å². The molecule has 0 saturated heterocycles. The van der Waals surface area contributed by atoms with E-state index in [-0.39, 0.29) is 23.4 Å². The Labute approximate surface area is 175 Å². The molecule has 0 radical (unpaired) electrons. The molecule has 0 aliphatic heterocycles. The average molecular weight is 439 g/mol. The van der Waals surface area contributed by atoms with Gasteiger partial charge >= 0.3 is 11.9 Å². The number of carbonyl (C=O) groups excluding carboxylic acids is 1. The van der Waals surface area contributed by atoms with Crippen LogP contribution in [0.5, 0.6) is 0 Å². The van der Waals surface area contributed by atoms with Gasteiger partial charge in [0.15, 0.2) is 0 Å². The molecule has 2 rings (SSSR count). The van der Waals surface area contributed by atoms with E-state index < -0.39 is 27.0 Å². The first-order chi connectivity index (χ1) is 14.1. The molecule has 0 saturated carbocycles. The molecule has 10 nitrogen and oxygen atoms in total. The number of rotatable bonds is 10. The van der Waals surface area contributed by atoms with Crippen molar-refractivity contribution < 1.29 is 22.9 Å². The van der Waals surface area contributed by atoms with Gasteiger partial charge in [-0.25, -0.2) is 13.4 Å². The minimum atomic E-state index is -3.92. The Morgan fingerprint density at radius 1 is 1.30 bits per heavy atom. The van der Waals surface area contributed by atoms with E-state index in [0.717, 1.165) is 9.87 Å². The molecule has 30 heavy (non-hydrogen) atoms. The number of hydrogen-bond acceptors (Lipinski definition) is 7. The van der Waals surface area contributed by atoms with Crippen LogP contribution in [-0.2, 0) is 26.0 Å². The standard InChI is InChI=1S/C19H26N4O6S/c1-5-29-18(24)17(10-13(2)3)22(4)30(27,28)16-8-6-14(7-9-16)11-15-12-20-19(21-15)23(25)26/h6-9,12-13,17H,5,10-11H2,1-4H3,(H,20,21)/t17-/m0/s1. The number of aromatic nitrogens is 2. The Balaban J connectivity index is 2.21. The van der Waals surface area contributed by atoms with Crippen molar-refractivity contribution in [1.82, 2.24) is 14.3 Å². The number of esters is 1. The van der Waals surface area contributed by atoms with Crippen LogP contribution in [0, 0.1) is 16.0 Å². The van der Waals surface area contributed by atoms with Crippen molar-refractivity contribution in [3.8, 4) is 0 Å². The number of nitrogens with one attached hydrogen (secondary N) is 1. The maximum absolute atomic E-state index is 13.0. The van der Waals surface area contributed by atoms with E-state index in [1.165, 1.54) is 25.4 Å². The van der Waals surface area contributed by atoms with E-state index >= 15 is 0 Å². The van der Waals surface area contributed by atoms with Crippen molar-refractivity contribution in [2.24, 2.45) is 5.92 Å². The SMILES string of the molecule is CCOC(=O)[C@H](CC(C)C)N(C)S(=O)(=O)c1ccc(Cc2cnc([N+](=O)[O-])[nH]2)cc1. The van der Waals surface area contributed by atoms with Crippen LogP contribution in [0.15, 0.2) is 35.4 Å². The highest BCUT2D eigenvalue weighted by Crippen LogP contribution is 2.22. The summed E-state index contributed by atoms with van der Waals surface area (Å²) in [6, 6.07) is 5.22. The van der Waals surface area contributed by atoms with Gasteiger partial charge in [0.1, 0.15) is 17.9 Å². The van der Waals surface area contributed by atoms with E-state index in [1.54, 1.807) is 19.1 Å². The highest BCUT2D eigenvalue weighted by atomic mass is 32.2. The number of imidazole rings is 1. The molecule has 0 amide bonds. The van der Waals surface area contributed by atoms with Crippen molar-refractivity contribution in [3.05, 3.63) is 51.8 Å². The fraction of sp³-hybridized carbons (Fsp3) is 0.474. The van der Waals surface area contributed by atoms with E-state index in [0.29, 0.717) is 18.5 Å². The van der Waals surface area contributed by atoms with Crippen molar-refractivity contribution in [1.29, 1.82) is 0 Å². The molecule has 11 heteroatoms. The lowest BCUT2D eigenvalue weighted by Gasteiger charge is -2.27. The maximum Gasteiger partial charge on any atom is 0.432 e. The number of hydrogen-bond donors (Lipinski definition) is 1. The van der Waals surface area contributed by atoms with Gasteiger partial charge in [-0.1, -0.05) is 31.0 Å². The Kier molecular flexibility index (Phi) is 7.68. The summed E-state index contributed by atoms with van der Waals surface area (Å²) in [6.45, 7) is 5.65. The lowest BCUT2D eigenvalue weighted by molar-refractivity contribution is -0.393. The number of H-pyrrole nitrogens is 1. The van der Waals surface area contributed by atoms with Crippen LogP contribution in [0.25, 0.3) is 0 Å². The molecule has 1 aromatic carbocycles. The molecular formula is C19H26N4O6S. The molecule has 2 aromatic rings. The Bertz CT molecular complexity index is 985. The van der Waals surface area contributed by atoms with Crippen LogP contribution in [0.4, 0.5) is 5.95 Å². The third-order valence-electron chi connectivity index (χ3n) is 4.48. The van der Waals surface area contributed by atoms with Crippen LogP contribution in [-0.4, -0.2) is 53.3 Å². The van der Waals surface area contributed by atoms with Gasteiger partial charge in [-0.15, -0.1) is 0 Å². The number of benzene rings is 1. The van der Waals surface area contributed by atoms with Crippen molar-refractivity contribution in [3.63, 3.8) is 0 Å². The van der Waals surface area contributed by atoms with E-state index in [2.05, 4.69) is 9.97 Å². The van der Waals surface area contributed by atoms with Gasteiger partial charge in [0, 0.05) is 13.5 Å². The first-order valence-electron chi connectivity index (χ1n) is 9.48. The molecule has 164 valence electrons. The fourth-order valence-corrected chi connectivity index (χ4v) is 4.26. The highest BCUT2D eigenvalue weighted by Gasteiger charge is 2.34. The largest absolute Gasteiger partial charge is 0.465 e. The second-order valence-corrected chi connectivity index (χ2v) is 9.23. The van der Waals surface area contributed by atoms with Crippen LogP contribution < -0.4 is 0 Å². The maximum atomic E-state index is 13.0. The van der Waals surface area contributed by atoms with E-state index in [9.17, 15) is 23.3 Å². The predicted molar refractivity (Wildman–Crippen MR) is 109 cm³/mol. The predicted octanol–water partition coefficient (Wildman–Crippen LogP) is 2.51. The van der Waals surface area contributed by atoms with Crippen molar-refractivity contribution in [2.75, 3.05) is 13.7 Å². The quantitative estimate of drug-likeness (QED) is 0.342. The topological polar surface area (TPSA) is 136 Å². The molecule has 1 heterocycles. The first kappa shape index (κ1) is 23.5. The zero-order valence-corrected chi connectivity index (χ0v) is 18.2. The lowest BCUT2D eigenvalue weighted by Crippen LogP contribution is -2.44. The third-order valence-corrected chi connectivity index (χ3v) is 6.36. The summed E-state index contributed by atoms with van der Waals surface area (Å²) in [7, 11) is -2.55. The molecule has 1 aromatic heterocycles. The number of aromatic amines is 1. The number of carbonyl (C=O) groups is 1. The normalized spacial score (nSPS) is 12.9. The number of nitro groups is 1. The van der Waals surface area contributed by atoms with E-state index in [1.807, 2.05) is 13.8 Å². The number of sulfonamides is 1. The summed E-state index contributed by atoms with van der Waals surface area (Å²) < 4.78 is 32.2. The highest BCUT2D eigenvalue weighted by molar-refractivity contribution is 7.89. The Hall–Kier alpha value is -2.79. The first-order valence-corrected chi connectivity index (χ1v) is 10.9. The van der Waals surface area contributed by atoms with Crippen LogP contribution in [0.1, 0.15) is 38.4 Å².